The fourth-order valence-electron chi connectivity index (χ4n) is 1.53. The van der Waals surface area contributed by atoms with Crippen molar-refractivity contribution in [2.24, 2.45) is 0 Å². The van der Waals surface area contributed by atoms with Gasteiger partial charge in [0.05, 0.1) is 6.26 Å². The van der Waals surface area contributed by atoms with E-state index in [9.17, 15) is 0 Å². The van der Waals surface area contributed by atoms with Crippen molar-refractivity contribution in [3.05, 3.63) is 11.8 Å². The molecule has 0 atom stereocenters. The summed E-state index contributed by atoms with van der Waals surface area (Å²) in [5.74, 6) is 0. The van der Waals surface area contributed by atoms with E-state index in [4.69, 9.17) is 8.85 Å². The van der Waals surface area contributed by atoms with Gasteiger partial charge < -0.3 is 8.85 Å². The first kappa shape index (κ1) is 22.9. The third kappa shape index (κ3) is 8.04. The lowest BCUT2D eigenvalue weighted by molar-refractivity contribution is 0.279. The van der Waals surface area contributed by atoms with Gasteiger partial charge in [-0.3, -0.25) is 0 Å². The number of allylic oxidation sites excluding steroid dienone is 1. The van der Waals surface area contributed by atoms with Crippen LogP contribution in [-0.2, 0) is 8.85 Å². The van der Waals surface area contributed by atoms with Gasteiger partial charge in [-0.25, -0.2) is 0 Å². The minimum Gasteiger partial charge on any atom is -0.549 e. The number of rotatable bonds is 8. The van der Waals surface area contributed by atoms with E-state index in [0.717, 1.165) is 19.4 Å². The van der Waals surface area contributed by atoms with E-state index in [0.29, 0.717) is 5.04 Å². The Morgan fingerprint density at radius 1 is 0.826 bits per heavy atom. The summed E-state index contributed by atoms with van der Waals surface area (Å²) in [6.07, 6.45) is 5.44. The van der Waals surface area contributed by atoms with Gasteiger partial charge in [0.15, 0.2) is 8.32 Å². The second kappa shape index (κ2) is 8.35. The molecule has 2 nitrogen and oxygen atoms in total. The van der Waals surface area contributed by atoms with Crippen molar-refractivity contribution in [3.8, 4) is 0 Å². The van der Waals surface area contributed by atoms with Gasteiger partial charge in [-0.2, -0.15) is 0 Å². The molecule has 0 rings (SSSR count). The van der Waals surface area contributed by atoms with Crippen molar-refractivity contribution in [1.29, 1.82) is 0 Å². The average Bonchev–Trinajstić information content (AvgIpc) is 2.33. The average molecular weight is 359 g/mol. The SMILES string of the molecule is C/C(=C/O[Si](C)(C)C(C)(C)C)CCCCO[Si](C)(C)C(C)(C)C. The molecule has 0 spiro atoms. The van der Waals surface area contributed by atoms with E-state index in [1.807, 2.05) is 6.26 Å². The smallest absolute Gasteiger partial charge is 0.249 e. The van der Waals surface area contributed by atoms with Crippen molar-refractivity contribution in [3.63, 3.8) is 0 Å². The van der Waals surface area contributed by atoms with Crippen LogP contribution in [0.5, 0.6) is 0 Å². The Kier molecular flexibility index (Phi) is 8.32. The Bertz CT molecular complexity index is 385. The number of hydrogen-bond acceptors (Lipinski definition) is 2. The molecular formula is C19H42O2Si2. The highest BCUT2D eigenvalue weighted by Gasteiger charge is 2.38. The second-order valence-electron chi connectivity index (χ2n) is 9.91. The van der Waals surface area contributed by atoms with Gasteiger partial charge in [0.2, 0.25) is 8.32 Å². The molecule has 0 aliphatic rings. The standard InChI is InChI=1S/C19H42O2Si2/c1-17(16-21-23(10,11)19(5,6)7)14-12-13-15-20-22(8,9)18(2,3)4/h16H,12-15H2,1-11H3/b17-16-. The van der Waals surface area contributed by atoms with Crippen molar-refractivity contribution >= 4 is 16.6 Å². The molecule has 138 valence electrons. The molecule has 23 heavy (non-hydrogen) atoms. The molecule has 0 aromatic heterocycles. The molecule has 0 saturated carbocycles. The third-order valence-electron chi connectivity index (χ3n) is 5.60. The van der Waals surface area contributed by atoms with Crippen LogP contribution in [0.2, 0.25) is 36.3 Å². The van der Waals surface area contributed by atoms with Crippen LogP contribution >= 0.6 is 0 Å². The normalized spacial score (nSPS) is 15.0. The molecule has 0 aromatic carbocycles. The molecule has 0 radical (unpaired) electrons. The molecular weight excluding hydrogens is 316 g/mol. The van der Waals surface area contributed by atoms with Gasteiger partial charge in [0.1, 0.15) is 0 Å². The molecule has 0 aliphatic carbocycles. The highest BCUT2D eigenvalue weighted by atomic mass is 28.4. The Labute approximate surface area is 148 Å². The summed E-state index contributed by atoms with van der Waals surface area (Å²) in [7, 11) is -3.24. The van der Waals surface area contributed by atoms with Crippen LogP contribution < -0.4 is 0 Å². The number of unbranched alkanes of at least 4 members (excludes halogenated alkanes) is 1. The largest absolute Gasteiger partial charge is 0.549 e. The van der Waals surface area contributed by atoms with Gasteiger partial charge >= 0.3 is 0 Å². The minimum atomic E-state index is -1.66. The summed E-state index contributed by atoms with van der Waals surface area (Å²) in [6.45, 7) is 26.0. The van der Waals surface area contributed by atoms with Crippen molar-refractivity contribution in [1.82, 2.24) is 0 Å². The zero-order chi connectivity index (χ0) is 18.5. The van der Waals surface area contributed by atoms with E-state index >= 15 is 0 Å². The molecule has 0 saturated heterocycles. The maximum absolute atomic E-state index is 6.23. The van der Waals surface area contributed by atoms with E-state index in [-0.39, 0.29) is 5.04 Å². The van der Waals surface area contributed by atoms with Crippen molar-refractivity contribution in [2.75, 3.05) is 6.61 Å². The highest BCUT2D eigenvalue weighted by Crippen LogP contribution is 2.37. The molecule has 0 amide bonds. The second-order valence-corrected chi connectivity index (χ2v) is 19.5. The van der Waals surface area contributed by atoms with Gasteiger partial charge in [-0.05, 0) is 68.0 Å². The summed E-state index contributed by atoms with van der Waals surface area (Å²) >= 11 is 0. The first-order valence-electron chi connectivity index (χ1n) is 9.07. The lowest BCUT2D eigenvalue weighted by Crippen LogP contribution is -2.40. The maximum Gasteiger partial charge on any atom is 0.249 e. The predicted octanol–water partition coefficient (Wildman–Crippen LogP) is 7.10. The Morgan fingerprint density at radius 3 is 1.74 bits per heavy atom. The van der Waals surface area contributed by atoms with Crippen molar-refractivity contribution in [2.45, 2.75) is 104 Å². The Hall–Kier alpha value is -0.0662. The molecule has 0 fully saturated rings. The van der Waals surface area contributed by atoms with Crippen LogP contribution in [0.1, 0.15) is 67.7 Å². The quantitative estimate of drug-likeness (QED) is 0.261. The number of hydrogen-bond donors (Lipinski definition) is 0. The van der Waals surface area contributed by atoms with Crippen LogP contribution in [0.4, 0.5) is 0 Å². The first-order chi connectivity index (χ1) is 10.1. The minimum absolute atomic E-state index is 0.265. The van der Waals surface area contributed by atoms with Crippen molar-refractivity contribution < 1.29 is 8.85 Å². The van der Waals surface area contributed by atoms with Crippen LogP contribution in [0.15, 0.2) is 11.8 Å². The highest BCUT2D eigenvalue weighted by molar-refractivity contribution is 6.74. The predicted molar refractivity (Wildman–Crippen MR) is 109 cm³/mol. The maximum atomic E-state index is 6.23. The van der Waals surface area contributed by atoms with Gasteiger partial charge in [-0.1, -0.05) is 41.5 Å². The summed E-state index contributed by atoms with van der Waals surface area (Å²) in [6, 6.07) is 0. The van der Waals surface area contributed by atoms with Gasteiger partial charge in [0.25, 0.3) is 0 Å². The molecule has 0 aromatic rings. The fraction of sp³-hybridized carbons (Fsp3) is 0.895. The van der Waals surface area contributed by atoms with Gasteiger partial charge in [-0.15, -0.1) is 0 Å². The summed E-state index contributed by atoms with van der Waals surface area (Å²) < 4.78 is 12.4. The summed E-state index contributed by atoms with van der Waals surface area (Å²) in [5.41, 5.74) is 1.35. The van der Waals surface area contributed by atoms with E-state index in [1.165, 1.54) is 12.0 Å². The zero-order valence-electron chi connectivity index (χ0n) is 17.7. The van der Waals surface area contributed by atoms with Crippen LogP contribution in [0.3, 0.4) is 0 Å². The van der Waals surface area contributed by atoms with E-state index < -0.39 is 16.6 Å². The Morgan fingerprint density at radius 2 is 1.30 bits per heavy atom. The molecule has 0 aliphatic heterocycles. The topological polar surface area (TPSA) is 18.5 Å². The Balaban J connectivity index is 4.14. The molecule has 0 heterocycles. The van der Waals surface area contributed by atoms with Crippen LogP contribution in [0, 0.1) is 0 Å². The zero-order valence-corrected chi connectivity index (χ0v) is 19.7. The summed E-state index contributed by atoms with van der Waals surface area (Å²) in [4.78, 5) is 0. The lowest BCUT2D eigenvalue weighted by atomic mass is 10.1. The summed E-state index contributed by atoms with van der Waals surface area (Å²) in [5, 5.41) is 0.570. The van der Waals surface area contributed by atoms with E-state index in [2.05, 4.69) is 74.7 Å². The van der Waals surface area contributed by atoms with E-state index in [1.54, 1.807) is 0 Å². The molecule has 0 N–H and O–H groups in total. The first-order valence-corrected chi connectivity index (χ1v) is 14.9. The molecule has 0 bridgehead atoms. The van der Waals surface area contributed by atoms with Crippen LogP contribution in [0.25, 0.3) is 0 Å². The third-order valence-corrected chi connectivity index (χ3v) is 14.5. The monoisotopic (exact) mass is 358 g/mol. The molecule has 0 unspecified atom stereocenters. The van der Waals surface area contributed by atoms with Gasteiger partial charge in [0, 0.05) is 6.61 Å². The molecule has 4 heteroatoms. The fourth-order valence-corrected chi connectivity index (χ4v) is 3.47. The van der Waals surface area contributed by atoms with Crippen LogP contribution in [-0.4, -0.2) is 23.2 Å². The lowest BCUT2D eigenvalue weighted by Gasteiger charge is -2.36.